The van der Waals surface area contributed by atoms with Crippen LogP contribution in [0.4, 0.5) is 0 Å². The van der Waals surface area contributed by atoms with Crippen molar-refractivity contribution in [2.24, 2.45) is 17.8 Å². The Labute approximate surface area is 216 Å². The van der Waals surface area contributed by atoms with Crippen LogP contribution in [0.25, 0.3) is 0 Å². The number of carbonyl (C=O) groups excluding carboxylic acids is 1. The Morgan fingerprint density at radius 2 is 1.94 bits per heavy atom. The highest BCUT2D eigenvalue weighted by Crippen LogP contribution is 2.34. The molecule has 1 fully saturated rings. The molecule has 0 aliphatic carbocycles. The molecule has 2 aliphatic rings. The highest BCUT2D eigenvalue weighted by molar-refractivity contribution is 7.89. The molecule has 3 atom stereocenters. The van der Waals surface area contributed by atoms with Crippen LogP contribution in [0.15, 0.2) is 23.1 Å². The number of amides is 1. The third kappa shape index (κ3) is 6.80. The number of likely N-dealkylation sites (N-methyl/N-ethyl adjacent to an activating group) is 1. The summed E-state index contributed by atoms with van der Waals surface area (Å²) < 4.78 is 40.3. The molecule has 0 spiro atoms. The largest absolute Gasteiger partial charge is 0.487 e. The highest BCUT2D eigenvalue weighted by atomic mass is 32.2. The number of hydrogen-bond acceptors (Lipinski definition) is 6. The molecule has 0 radical (unpaired) electrons. The lowest BCUT2D eigenvalue weighted by Gasteiger charge is -2.38. The monoisotopic (exact) mass is 520 g/mol. The Hall–Kier alpha value is -2.12. The Morgan fingerprint density at radius 3 is 2.58 bits per heavy atom. The van der Waals surface area contributed by atoms with E-state index >= 15 is 0 Å². The lowest BCUT2D eigenvalue weighted by Crippen LogP contribution is -2.50. The fourth-order valence-electron chi connectivity index (χ4n) is 4.49. The minimum absolute atomic E-state index is 0.0486. The van der Waals surface area contributed by atoms with Crippen molar-refractivity contribution in [3.8, 4) is 17.6 Å². The average Bonchev–Trinajstić information content (AvgIpc) is 2.85. The second-order valence-corrected chi connectivity index (χ2v) is 12.3. The van der Waals surface area contributed by atoms with Crippen molar-refractivity contribution in [3.63, 3.8) is 0 Å². The summed E-state index contributed by atoms with van der Waals surface area (Å²) in [7, 11) is -2.15. The van der Waals surface area contributed by atoms with E-state index in [0.29, 0.717) is 44.1 Å². The molecule has 2 aliphatic heterocycles. The van der Waals surface area contributed by atoms with E-state index in [4.69, 9.17) is 9.47 Å². The third-order valence-corrected chi connectivity index (χ3v) is 8.83. The van der Waals surface area contributed by atoms with Gasteiger partial charge in [0.15, 0.2) is 0 Å². The van der Waals surface area contributed by atoms with Crippen molar-refractivity contribution in [3.05, 3.63) is 23.8 Å². The zero-order valence-electron chi connectivity index (χ0n) is 22.1. The molecule has 200 valence electrons. The van der Waals surface area contributed by atoms with Gasteiger partial charge in [-0.3, -0.25) is 4.79 Å². The molecule has 1 aromatic carbocycles. The second-order valence-electron chi connectivity index (χ2n) is 10.4. The minimum atomic E-state index is -3.92. The van der Waals surface area contributed by atoms with E-state index < -0.39 is 22.2 Å². The van der Waals surface area contributed by atoms with Crippen LogP contribution in [0.5, 0.6) is 5.75 Å². The van der Waals surface area contributed by atoms with E-state index in [-0.39, 0.29) is 41.5 Å². The van der Waals surface area contributed by atoms with Gasteiger partial charge in [-0.25, -0.2) is 8.42 Å². The van der Waals surface area contributed by atoms with Crippen LogP contribution in [0, 0.1) is 29.6 Å². The van der Waals surface area contributed by atoms with Crippen molar-refractivity contribution < 1.29 is 27.8 Å². The molecule has 1 N–H and O–H groups in total. The molecule has 3 rings (SSSR count). The molecule has 9 heteroatoms. The second kappa shape index (κ2) is 12.4. The normalized spacial score (nSPS) is 23.4. The number of hydrogen-bond donors (Lipinski definition) is 1. The van der Waals surface area contributed by atoms with Gasteiger partial charge in [-0.15, -0.1) is 0 Å². The van der Waals surface area contributed by atoms with E-state index in [0.717, 1.165) is 6.42 Å². The molecule has 0 unspecified atom stereocenters. The van der Waals surface area contributed by atoms with Gasteiger partial charge in [0, 0.05) is 56.7 Å². The lowest BCUT2D eigenvalue weighted by atomic mass is 9.97. The number of aliphatic hydroxyl groups excluding tert-OH is 1. The van der Waals surface area contributed by atoms with Gasteiger partial charge in [-0.05, 0) is 43.9 Å². The zero-order chi connectivity index (χ0) is 26.5. The molecule has 8 nitrogen and oxygen atoms in total. The number of sulfonamides is 1. The van der Waals surface area contributed by atoms with Crippen molar-refractivity contribution >= 4 is 15.9 Å². The average molecular weight is 521 g/mol. The first kappa shape index (κ1) is 28.5. The summed E-state index contributed by atoms with van der Waals surface area (Å²) in [6, 6.07) is 4.30. The Balaban J connectivity index is 1.96. The number of rotatable bonds is 6. The standard InChI is InChI=1S/C27H40N2O6S/c1-19(2)7-6-8-22-9-10-26-24(15-22)35-25(17-28(5)27(31)23-11-13-34-14-12-23)20(3)16-29(21(4)18-30)36(26,32)33/h9-10,15,19-21,23,25,30H,7,11-14,16-18H2,1-5H3/t20-,21+,25+/m1/s1. The van der Waals surface area contributed by atoms with E-state index in [2.05, 4.69) is 25.7 Å². The summed E-state index contributed by atoms with van der Waals surface area (Å²) in [6.07, 6.45) is 1.69. The summed E-state index contributed by atoms with van der Waals surface area (Å²) in [4.78, 5) is 14.8. The number of ether oxygens (including phenoxy) is 2. The number of benzene rings is 1. The first-order valence-corrected chi connectivity index (χ1v) is 14.2. The Bertz CT molecular complexity index is 1070. The predicted octanol–water partition coefficient (Wildman–Crippen LogP) is 2.74. The molecular weight excluding hydrogens is 480 g/mol. The Kier molecular flexibility index (Phi) is 9.81. The van der Waals surface area contributed by atoms with Gasteiger partial charge < -0.3 is 19.5 Å². The fraction of sp³-hybridized carbons (Fsp3) is 0.667. The van der Waals surface area contributed by atoms with Crippen LogP contribution < -0.4 is 4.74 Å². The third-order valence-electron chi connectivity index (χ3n) is 6.81. The van der Waals surface area contributed by atoms with E-state index in [1.807, 2.05) is 6.92 Å². The van der Waals surface area contributed by atoms with Gasteiger partial charge in [-0.1, -0.05) is 32.6 Å². The molecule has 0 aromatic heterocycles. The van der Waals surface area contributed by atoms with Crippen molar-refractivity contribution in [2.45, 2.75) is 64.0 Å². The zero-order valence-corrected chi connectivity index (χ0v) is 22.9. The smallest absolute Gasteiger partial charge is 0.247 e. The number of nitrogens with zero attached hydrogens (tertiary/aromatic N) is 2. The summed E-state index contributed by atoms with van der Waals surface area (Å²) in [5, 5.41) is 9.81. The predicted molar refractivity (Wildman–Crippen MR) is 138 cm³/mol. The first-order chi connectivity index (χ1) is 17.0. The summed E-state index contributed by atoms with van der Waals surface area (Å²) in [6.45, 7) is 9.15. The maximum Gasteiger partial charge on any atom is 0.247 e. The molecule has 0 bridgehead atoms. The maximum atomic E-state index is 13.6. The SMILES string of the molecule is CC(C)CC#Cc1ccc2c(c1)O[C@@H](CN(C)C(=O)C1CCOCC1)[C@H](C)CN([C@@H](C)CO)S2(=O)=O. The van der Waals surface area contributed by atoms with Crippen LogP contribution in [-0.2, 0) is 19.6 Å². The van der Waals surface area contributed by atoms with Gasteiger partial charge in [0.05, 0.1) is 13.2 Å². The highest BCUT2D eigenvalue weighted by Gasteiger charge is 2.38. The topological polar surface area (TPSA) is 96.4 Å². The van der Waals surface area contributed by atoms with E-state index in [1.54, 1.807) is 31.0 Å². The molecule has 0 saturated carbocycles. The molecule has 2 heterocycles. The van der Waals surface area contributed by atoms with Crippen LogP contribution in [0.2, 0.25) is 0 Å². The van der Waals surface area contributed by atoms with E-state index in [1.165, 1.54) is 10.4 Å². The minimum Gasteiger partial charge on any atom is -0.487 e. The quantitative estimate of drug-likeness (QED) is 0.580. The summed E-state index contributed by atoms with van der Waals surface area (Å²) in [5.41, 5.74) is 0.671. The number of aliphatic hydroxyl groups is 1. The van der Waals surface area contributed by atoms with Gasteiger partial charge in [0.2, 0.25) is 15.9 Å². The molecule has 1 saturated heterocycles. The van der Waals surface area contributed by atoms with Crippen LogP contribution in [-0.4, -0.2) is 80.7 Å². The molecule has 1 aromatic rings. The van der Waals surface area contributed by atoms with Crippen molar-refractivity contribution in [1.29, 1.82) is 0 Å². The number of carbonyl (C=O) groups is 1. The van der Waals surface area contributed by atoms with Crippen LogP contribution >= 0.6 is 0 Å². The van der Waals surface area contributed by atoms with Crippen LogP contribution in [0.1, 0.15) is 52.5 Å². The van der Waals surface area contributed by atoms with E-state index in [9.17, 15) is 18.3 Å². The summed E-state index contributed by atoms with van der Waals surface area (Å²) >= 11 is 0. The lowest BCUT2D eigenvalue weighted by molar-refractivity contribution is -0.138. The van der Waals surface area contributed by atoms with Gasteiger partial charge in [0.1, 0.15) is 16.7 Å². The molecule has 1 amide bonds. The van der Waals surface area contributed by atoms with Gasteiger partial charge in [0.25, 0.3) is 0 Å². The van der Waals surface area contributed by atoms with Crippen LogP contribution in [0.3, 0.4) is 0 Å². The molecule has 36 heavy (non-hydrogen) atoms. The first-order valence-electron chi connectivity index (χ1n) is 12.8. The number of fused-ring (bicyclic) bond motifs is 1. The van der Waals surface area contributed by atoms with Gasteiger partial charge in [-0.2, -0.15) is 4.31 Å². The Morgan fingerprint density at radius 1 is 1.25 bits per heavy atom. The molecular formula is C27H40N2O6S. The maximum absolute atomic E-state index is 13.6. The van der Waals surface area contributed by atoms with Crippen molar-refractivity contribution in [2.75, 3.05) is 40.0 Å². The van der Waals surface area contributed by atoms with Gasteiger partial charge >= 0.3 is 0 Å². The summed E-state index contributed by atoms with van der Waals surface area (Å²) in [5.74, 6) is 6.65. The van der Waals surface area contributed by atoms with Crippen molar-refractivity contribution in [1.82, 2.24) is 9.21 Å². The fourth-order valence-corrected chi connectivity index (χ4v) is 6.32.